The molecule has 1 aliphatic rings. The SMILES string of the molecule is CC1(C)[C@@H](C(=O)Nc2nc3ccccc3s2)CC[C@]1(C)C(=O)O. The molecule has 122 valence electrons. The second-order valence-electron chi connectivity index (χ2n) is 6.93. The number of carboxylic acid groups (broad SMARTS) is 1. The van der Waals surface area contributed by atoms with E-state index >= 15 is 0 Å². The van der Waals surface area contributed by atoms with Crippen LogP contribution >= 0.6 is 11.3 Å². The molecule has 1 aromatic carbocycles. The highest BCUT2D eigenvalue weighted by atomic mass is 32.1. The van der Waals surface area contributed by atoms with Gasteiger partial charge in [-0.1, -0.05) is 37.3 Å². The number of nitrogens with zero attached hydrogens (tertiary/aromatic N) is 1. The van der Waals surface area contributed by atoms with Gasteiger partial charge in [0.15, 0.2) is 5.13 Å². The second kappa shape index (κ2) is 5.30. The predicted molar refractivity (Wildman–Crippen MR) is 90.5 cm³/mol. The van der Waals surface area contributed by atoms with Gasteiger partial charge in [-0.25, -0.2) is 4.98 Å². The number of para-hydroxylation sites is 1. The van der Waals surface area contributed by atoms with Crippen LogP contribution in [0.3, 0.4) is 0 Å². The number of anilines is 1. The number of rotatable bonds is 3. The molecule has 1 fully saturated rings. The highest BCUT2D eigenvalue weighted by molar-refractivity contribution is 7.22. The van der Waals surface area contributed by atoms with E-state index in [1.807, 2.05) is 38.1 Å². The molecule has 5 nitrogen and oxygen atoms in total. The van der Waals surface area contributed by atoms with Crippen molar-refractivity contribution in [2.45, 2.75) is 33.6 Å². The third kappa shape index (κ3) is 2.41. The first-order chi connectivity index (χ1) is 10.8. The molecule has 1 aliphatic carbocycles. The zero-order valence-corrected chi connectivity index (χ0v) is 14.2. The number of carbonyl (C=O) groups is 2. The molecule has 2 N–H and O–H groups in total. The van der Waals surface area contributed by atoms with E-state index in [9.17, 15) is 14.7 Å². The van der Waals surface area contributed by atoms with Gasteiger partial charge in [0.05, 0.1) is 15.6 Å². The Balaban J connectivity index is 1.82. The van der Waals surface area contributed by atoms with Crippen molar-refractivity contribution in [1.82, 2.24) is 4.98 Å². The summed E-state index contributed by atoms with van der Waals surface area (Å²) in [6.45, 7) is 5.48. The van der Waals surface area contributed by atoms with Gasteiger partial charge in [0.25, 0.3) is 0 Å². The molecule has 2 atom stereocenters. The minimum atomic E-state index is -0.886. The van der Waals surface area contributed by atoms with Crippen molar-refractivity contribution < 1.29 is 14.7 Å². The molecule has 1 saturated carbocycles. The van der Waals surface area contributed by atoms with Crippen molar-refractivity contribution in [2.24, 2.45) is 16.7 Å². The number of carboxylic acids is 1. The number of hydrogen-bond acceptors (Lipinski definition) is 4. The fourth-order valence-electron chi connectivity index (χ4n) is 3.46. The van der Waals surface area contributed by atoms with Gasteiger partial charge in [0.1, 0.15) is 0 Å². The Morgan fingerprint density at radius 3 is 2.61 bits per heavy atom. The molecule has 0 bridgehead atoms. The van der Waals surface area contributed by atoms with Crippen LogP contribution < -0.4 is 5.32 Å². The van der Waals surface area contributed by atoms with Crippen molar-refractivity contribution in [3.63, 3.8) is 0 Å². The van der Waals surface area contributed by atoms with Gasteiger partial charge in [0, 0.05) is 5.92 Å². The Labute approximate surface area is 138 Å². The first-order valence-corrected chi connectivity index (χ1v) is 8.47. The Morgan fingerprint density at radius 1 is 1.30 bits per heavy atom. The maximum atomic E-state index is 12.7. The number of nitrogens with one attached hydrogen (secondary N) is 1. The molecule has 2 aromatic rings. The third-order valence-electron chi connectivity index (χ3n) is 5.54. The molecule has 0 saturated heterocycles. The molecule has 0 spiro atoms. The van der Waals surface area contributed by atoms with E-state index in [4.69, 9.17) is 0 Å². The Bertz CT molecular complexity index is 750. The highest BCUT2D eigenvalue weighted by Crippen LogP contribution is 2.56. The van der Waals surface area contributed by atoms with Crippen LogP contribution in [0, 0.1) is 16.7 Å². The molecule has 23 heavy (non-hydrogen) atoms. The van der Waals surface area contributed by atoms with Crippen molar-refractivity contribution in [2.75, 3.05) is 5.32 Å². The van der Waals surface area contributed by atoms with E-state index in [0.717, 1.165) is 10.2 Å². The van der Waals surface area contributed by atoms with Crippen LogP contribution in [-0.2, 0) is 9.59 Å². The summed E-state index contributed by atoms with van der Waals surface area (Å²) < 4.78 is 1.02. The third-order valence-corrected chi connectivity index (χ3v) is 6.49. The van der Waals surface area contributed by atoms with Crippen molar-refractivity contribution in [1.29, 1.82) is 0 Å². The number of aromatic nitrogens is 1. The normalized spacial score (nSPS) is 26.3. The minimum Gasteiger partial charge on any atom is -0.481 e. The number of carbonyl (C=O) groups excluding carboxylic acids is 1. The number of fused-ring (bicyclic) bond motifs is 1. The summed E-state index contributed by atoms with van der Waals surface area (Å²) in [5, 5.41) is 13.0. The summed E-state index contributed by atoms with van der Waals surface area (Å²) in [7, 11) is 0. The molecule has 3 rings (SSSR count). The van der Waals surface area contributed by atoms with Gasteiger partial charge in [-0.05, 0) is 37.3 Å². The lowest BCUT2D eigenvalue weighted by Gasteiger charge is -2.37. The van der Waals surface area contributed by atoms with Gasteiger partial charge >= 0.3 is 5.97 Å². The summed E-state index contributed by atoms with van der Waals surface area (Å²) in [4.78, 5) is 28.7. The lowest BCUT2D eigenvalue weighted by molar-refractivity contribution is -0.154. The minimum absolute atomic E-state index is 0.140. The van der Waals surface area contributed by atoms with E-state index in [1.54, 1.807) is 6.92 Å². The van der Waals surface area contributed by atoms with Crippen LogP contribution in [0.5, 0.6) is 0 Å². The van der Waals surface area contributed by atoms with E-state index in [1.165, 1.54) is 11.3 Å². The van der Waals surface area contributed by atoms with Gasteiger partial charge in [-0.3, -0.25) is 9.59 Å². The first kappa shape index (κ1) is 15.9. The van der Waals surface area contributed by atoms with E-state index in [2.05, 4.69) is 10.3 Å². The monoisotopic (exact) mass is 332 g/mol. The van der Waals surface area contributed by atoms with Crippen LogP contribution in [-0.4, -0.2) is 22.0 Å². The molecule has 6 heteroatoms. The molecule has 0 radical (unpaired) electrons. The van der Waals surface area contributed by atoms with Gasteiger partial charge < -0.3 is 10.4 Å². The molecule has 1 amide bonds. The Kier molecular flexibility index (Phi) is 3.67. The maximum Gasteiger partial charge on any atom is 0.309 e. The van der Waals surface area contributed by atoms with E-state index in [-0.39, 0.29) is 11.8 Å². The van der Waals surface area contributed by atoms with Gasteiger partial charge in [-0.2, -0.15) is 0 Å². The lowest BCUT2D eigenvalue weighted by Crippen LogP contribution is -2.43. The highest BCUT2D eigenvalue weighted by Gasteiger charge is 2.58. The topological polar surface area (TPSA) is 79.3 Å². The summed E-state index contributed by atoms with van der Waals surface area (Å²) in [6.07, 6.45) is 1.08. The van der Waals surface area contributed by atoms with Crippen molar-refractivity contribution >= 4 is 38.6 Å². The number of benzene rings is 1. The summed E-state index contributed by atoms with van der Waals surface area (Å²) in [5.41, 5.74) is -0.642. The average Bonchev–Trinajstić information content (AvgIpc) is 2.98. The van der Waals surface area contributed by atoms with E-state index in [0.29, 0.717) is 18.0 Å². The zero-order chi connectivity index (χ0) is 16.8. The van der Waals surface area contributed by atoms with Crippen LogP contribution in [0.1, 0.15) is 33.6 Å². The average molecular weight is 332 g/mol. The Morgan fingerprint density at radius 2 is 2.00 bits per heavy atom. The fraction of sp³-hybridized carbons (Fsp3) is 0.471. The largest absolute Gasteiger partial charge is 0.481 e. The quantitative estimate of drug-likeness (QED) is 0.897. The lowest BCUT2D eigenvalue weighted by atomic mass is 9.65. The van der Waals surface area contributed by atoms with Gasteiger partial charge in [0.2, 0.25) is 5.91 Å². The number of thiazole rings is 1. The molecule has 1 aromatic heterocycles. The summed E-state index contributed by atoms with van der Waals surface area (Å²) in [5.74, 6) is -1.31. The van der Waals surface area contributed by atoms with Crippen LogP contribution in [0.25, 0.3) is 10.2 Å². The van der Waals surface area contributed by atoms with Crippen LogP contribution in [0.15, 0.2) is 24.3 Å². The predicted octanol–water partition coefficient (Wildman–Crippen LogP) is 3.76. The molecule has 0 aliphatic heterocycles. The van der Waals surface area contributed by atoms with Crippen molar-refractivity contribution in [3.8, 4) is 0 Å². The van der Waals surface area contributed by atoms with Crippen LogP contribution in [0.4, 0.5) is 5.13 Å². The molecular weight excluding hydrogens is 312 g/mol. The number of hydrogen-bond donors (Lipinski definition) is 2. The summed E-state index contributed by atoms with van der Waals surface area (Å²) >= 11 is 1.43. The maximum absolute atomic E-state index is 12.7. The molecular formula is C17H20N2O3S. The second-order valence-corrected chi connectivity index (χ2v) is 7.96. The Hall–Kier alpha value is -1.95. The molecule has 0 unspecified atom stereocenters. The standard InChI is InChI=1S/C17H20N2O3S/c1-16(2)10(8-9-17(16,3)14(21)22)13(20)19-15-18-11-6-4-5-7-12(11)23-15/h4-7,10H,8-9H2,1-3H3,(H,21,22)(H,18,19,20)/t10-,17-/m1/s1. The van der Waals surface area contributed by atoms with Crippen molar-refractivity contribution in [3.05, 3.63) is 24.3 Å². The van der Waals surface area contributed by atoms with E-state index < -0.39 is 16.8 Å². The number of aliphatic carboxylic acids is 1. The first-order valence-electron chi connectivity index (χ1n) is 7.65. The van der Waals surface area contributed by atoms with Crippen LogP contribution in [0.2, 0.25) is 0 Å². The molecule has 1 heterocycles. The summed E-state index contributed by atoms with van der Waals surface area (Å²) in [6, 6.07) is 7.71. The number of amides is 1. The zero-order valence-electron chi connectivity index (χ0n) is 13.4. The van der Waals surface area contributed by atoms with Gasteiger partial charge in [-0.15, -0.1) is 0 Å². The fourth-order valence-corrected chi connectivity index (χ4v) is 4.33. The smallest absolute Gasteiger partial charge is 0.309 e.